The first kappa shape index (κ1) is 13.7. The van der Waals surface area contributed by atoms with Crippen LogP contribution in [0.3, 0.4) is 0 Å². The monoisotopic (exact) mass is 324 g/mol. The van der Waals surface area contributed by atoms with Crippen LogP contribution in [0.2, 0.25) is 0 Å². The number of para-hydroxylation sites is 1. The zero-order valence-corrected chi connectivity index (χ0v) is 12.4. The smallest absolute Gasteiger partial charge is 0.270 e. The summed E-state index contributed by atoms with van der Waals surface area (Å²) in [4.78, 5) is 39.8. The molecular weight excluding hydrogens is 316 g/mol. The molecule has 0 saturated carbocycles. The Kier molecular flexibility index (Phi) is 2.85. The van der Waals surface area contributed by atoms with Gasteiger partial charge < -0.3 is 0 Å². The van der Waals surface area contributed by atoms with E-state index >= 15 is 0 Å². The van der Waals surface area contributed by atoms with Crippen molar-refractivity contribution in [2.45, 2.75) is 5.92 Å². The number of carbonyl (C=O) groups is 2. The Morgan fingerprint density at radius 2 is 1.78 bits per heavy atom. The molecule has 0 bridgehead atoms. The van der Waals surface area contributed by atoms with Gasteiger partial charge in [-0.25, -0.2) is 4.98 Å². The first-order valence-corrected chi connectivity index (χ1v) is 7.60. The van der Waals surface area contributed by atoms with E-state index in [-0.39, 0.29) is 22.6 Å². The molecule has 1 atom stereocenters. The molecule has 3 aromatic rings. The Hall–Kier alpha value is -2.93. The van der Waals surface area contributed by atoms with E-state index in [0.717, 1.165) is 10.2 Å². The third-order valence-corrected chi connectivity index (χ3v) is 4.93. The van der Waals surface area contributed by atoms with Crippen molar-refractivity contribution < 1.29 is 14.5 Å². The van der Waals surface area contributed by atoms with Gasteiger partial charge in [0, 0.05) is 23.3 Å². The number of nitrogens with zero attached hydrogens (tertiary/aromatic N) is 2. The van der Waals surface area contributed by atoms with E-state index in [1.54, 1.807) is 0 Å². The molecule has 1 aliphatic carbocycles. The van der Waals surface area contributed by atoms with Gasteiger partial charge in [0.15, 0.2) is 11.6 Å². The summed E-state index contributed by atoms with van der Waals surface area (Å²) in [6.07, 6.45) is 0. The van der Waals surface area contributed by atoms with Gasteiger partial charge >= 0.3 is 0 Å². The largest absolute Gasteiger partial charge is 0.293 e. The fraction of sp³-hybridized carbons (Fsp3) is 0.0625. The zero-order chi connectivity index (χ0) is 16.1. The molecule has 0 N–H and O–H groups in total. The molecule has 1 aromatic heterocycles. The van der Waals surface area contributed by atoms with E-state index in [9.17, 15) is 19.7 Å². The van der Waals surface area contributed by atoms with Crippen molar-refractivity contribution >= 4 is 38.8 Å². The molecule has 0 saturated heterocycles. The minimum atomic E-state index is -0.996. The number of nitro benzene ring substituents is 1. The van der Waals surface area contributed by atoms with Gasteiger partial charge in [-0.15, -0.1) is 11.3 Å². The van der Waals surface area contributed by atoms with E-state index < -0.39 is 16.6 Å². The number of hydrogen-bond acceptors (Lipinski definition) is 6. The first-order chi connectivity index (χ1) is 11.1. The molecule has 0 aliphatic heterocycles. The molecule has 0 spiro atoms. The maximum absolute atomic E-state index is 12.6. The van der Waals surface area contributed by atoms with Crippen molar-refractivity contribution in [1.29, 1.82) is 0 Å². The molecule has 1 aliphatic rings. The number of Topliss-reactive ketones (excluding diaryl/α,β-unsaturated/α-hetero) is 2. The van der Waals surface area contributed by atoms with E-state index in [1.165, 1.54) is 29.5 Å². The molecule has 7 heteroatoms. The molecule has 6 nitrogen and oxygen atoms in total. The standard InChI is InChI=1S/C16H8N2O4S/c19-14-9-6-5-8(18(21)22)7-10(9)15(20)13(14)16-17-11-3-1-2-4-12(11)23-16/h1-7,13H/t13-/m1/s1. The van der Waals surface area contributed by atoms with E-state index in [0.29, 0.717) is 5.01 Å². The van der Waals surface area contributed by atoms with E-state index in [4.69, 9.17) is 0 Å². The van der Waals surface area contributed by atoms with Crippen molar-refractivity contribution in [3.8, 4) is 0 Å². The molecule has 0 unspecified atom stereocenters. The van der Waals surface area contributed by atoms with Crippen molar-refractivity contribution in [3.05, 3.63) is 68.7 Å². The minimum Gasteiger partial charge on any atom is -0.293 e. The molecule has 0 fully saturated rings. The Balaban J connectivity index is 1.83. The lowest BCUT2D eigenvalue weighted by Gasteiger charge is -2.00. The van der Waals surface area contributed by atoms with Gasteiger partial charge in [-0.1, -0.05) is 12.1 Å². The van der Waals surface area contributed by atoms with Gasteiger partial charge in [-0.05, 0) is 18.2 Å². The van der Waals surface area contributed by atoms with Gasteiger partial charge in [-0.2, -0.15) is 0 Å². The van der Waals surface area contributed by atoms with Crippen LogP contribution in [-0.2, 0) is 0 Å². The molecule has 1 heterocycles. The third-order valence-electron chi connectivity index (χ3n) is 3.83. The predicted octanol–water partition coefficient (Wildman–Crippen LogP) is 3.37. The molecule has 0 radical (unpaired) electrons. The van der Waals surface area contributed by atoms with Crippen molar-refractivity contribution in [2.75, 3.05) is 0 Å². The van der Waals surface area contributed by atoms with Crippen LogP contribution < -0.4 is 0 Å². The molecule has 0 amide bonds. The van der Waals surface area contributed by atoms with Gasteiger partial charge in [0.1, 0.15) is 10.9 Å². The second kappa shape index (κ2) is 4.79. The SMILES string of the molecule is O=C1c2ccc([N+](=O)[O-])cc2C(=O)[C@@H]1c1nc2ccccc2s1. The second-order valence-corrected chi connectivity index (χ2v) is 6.23. The summed E-state index contributed by atoms with van der Waals surface area (Å²) >= 11 is 1.30. The highest BCUT2D eigenvalue weighted by atomic mass is 32.1. The molecule has 112 valence electrons. The van der Waals surface area contributed by atoms with Crippen LogP contribution in [0.25, 0.3) is 10.2 Å². The van der Waals surface area contributed by atoms with Gasteiger partial charge in [0.2, 0.25) is 0 Å². The summed E-state index contributed by atoms with van der Waals surface area (Å²) < 4.78 is 0.894. The Morgan fingerprint density at radius 1 is 1.04 bits per heavy atom. The number of carbonyl (C=O) groups excluding carboxylic acids is 2. The van der Waals surface area contributed by atoms with Gasteiger partial charge in [0.25, 0.3) is 5.69 Å². The lowest BCUT2D eigenvalue weighted by atomic mass is 10.1. The van der Waals surface area contributed by atoms with Crippen LogP contribution in [0.4, 0.5) is 5.69 Å². The molecular formula is C16H8N2O4S. The summed E-state index contributed by atoms with van der Waals surface area (Å²) in [5, 5.41) is 11.3. The summed E-state index contributed by atoms with van der Waals surface area (Å²) in [7, 11) is 0. The lowest BCUT2D eigenvalue weighted by molar-refractivity contribution is -0.384. The van der Waals surface area contributed by atoms with Gasteiger partial charge in [-0.3, -0.25) is 19.7 Å². The molecule has 2 aromatic carbocycles. The van der Waals surface area contributed by atoms with Gasteiger partial charge in [0.05, 0.1) is 15.1 Å². The average molecular weight is 324 g/mol. The first-order valence-electron chi connectivity index (χ1n) is 6.78. The number of ketones is 2. The third kappa shape index (κ3) is 1.97. The maximum Gasteiger partial charge on any atom is 0.270 e. The number of fused-ring (bicyclic) bond motifs is 2. The molecule has 23 heavy (non-hydrogen) atoms. The van der Waals surface area contributed by atoms with Crippen molar-refractivity contribution in [1.82, 2.24) is 4.98 Å². The second-order valence-electron chi connectivity index (χ2n) is 5.17. The predicted molar refractivity (Wildman–Crippen MR) is 84.1 cm³/mol. The fourth-order valence-corrected chi connectivity index (χ4v) is 3.80. The number of hydrogen-bond donors (Lipinski definition) is 0. The quantitative estimate of drug-likeness (QED) is 0.409. The minimum absolute atomic E-state index is 0.105. The number of non-ortho nitro benzene ring substituents is 1. The van der Waals surface area contributed by atoms with Crippen LogP contribution in [0.1, 0.15) is 31.6 Å². The topological polar surface area (TPSA) is 90.2 Å². The highest BCUT2D eigenvalue weighted by Gasteiger charge is 2.42. The summed E-state index contributed by atoms with van der Waals surface area (Å²) in [5.41, 5.74) is 0.864. The zero-order valence-electron chi connectivity index (χ0n) is 11.6. The van der Waals surface area contributed by atoms with Crippen LogP contribution in [-0.4, -0.2) is 21.5 Å². The van der Waals surface area contributed by atoms with Crippen LogP contribution in [0, 0.1) is 10.1 Å². The highest BCUT2D eigenvalue weighted by Crippen LogP contribution is 2.38. The van der Waals surface area contributed by atoms with Crippen LogP contribution in [0.15, 0.2) is 42.5 Å². The number of aromatic nitrogens is 1. The lowest BCUT2D eigenvalue weighted by Crippen LogP contribution is -2.12. The summed E-state index contributed by atoms with van der Waals surface area (Å²) in [6.45, 7) is 0. The maximum atomic E-state index is 12.6. The fourth-order valence-electron chi connectivity index (χ4n) is 2.73. The number of benzene rings is 2. The normalized spacial score (nSPS) is 16.8. The van der Waals surface area contributed by atoms with Crippen molar-refractivity contribution in [2.24, 2.45) is 0 Å². The average Bonchev–Trinajstić information content (AvgIpc) is 3.06. The number of thiazole rings is 1. The van der Waals surface area contributed by atoms with Crippen LogP contribution >= 0.6 is 11.3 Å². The Morgan fingerprint density at radius 3 is 2.52 bits per heavy atom. The van der Waals surface area contributed by atoms with E-state index in [1.807, 2.05) is 24.3 Å². The Labute approximate surface area is 133 Å². The van der Waals surface area contributed by atoms with Crippen molar-refractivity contribution in [3.63, 3.8) is 0 Å². The number of nitro groups is 1. The summed E-state index contributed by atoms with van der Waals surface area (Å²) in [5.74, 6) is -1.77. The molecule has 4 rings (SSSR count). The van der Waals surface area contributed by atoms with Crippen LogP contribution in [0.5, 0.6) is 0 Å². The Bertz CT molecular complexity index is 975. The summed E-state index contributed by atoms with van der Waals surface area (Å²) in [6, 6.07) is 11.1. The highest BCUT2D eigenvalue weighted by molar-refractivity contribution is 7.18. The van der Waals surface area contributed by atoms with E-state index in [2.05, 4.69) is 4.98 Å². The number of rotatable bonds is 2.